The number of sulfone groups is 1. The highest BCUT2D eigenvalue weighted by Gasteiger charge is 2.18. The topological polar surface area (TPSA) is 78.9 Å². The van der Waals surface area contributed by atoms with E-state index < -0.39 is 15.8 Å². The second-order valence-electron chi connectivity index (χ2n) is 5.18. The van der Waals surface area contributed by atoms with Crippen molar-refractivity contribution in [3.63, 3.8) is 0 Å². The summed E-state index contributed by atoms with van der Waals surface area (Å²) < 4.78 is 38.8. The third-order valence-corrected chi connectivity index (χ3v) is 4.83. The van der Waals surface area contributed by atoms with Crippen LogP contribution in [0.2, 0.25) is 5.02 Å². The van der Waals surface area contributed by atoms with Gasteiger partial charge in [0.2, 0.25) is 6.79 Å². The quantitative estimate of drug-likeness (QED) is 0.772. The Balaban J connectivity index is 1.75. The van der Waals surface area contributed by atoms with Crippen LogP contribution in [0.15, 0.2) is 41.3 Å². The van der Waals surface area contributed by atoms with Crippen LogP contribution in [0.5, 0.6) is 11.5 Å². The lowest BCUT2D eigenvalue weighted by Gasteiger charge is -2.08. The fourth-order valence-corrected chi connectivity index (χ4v) is 2.99. The number of benzene rings is 2. The minimum atomic E-state index is -3.45. The molecular formula is C16H13ClO6S. The van der Waals surface area contributed by atoms with E-state index in [-0.39, 0.29) is 28.9 Å². The van der Waals surface area contributed by atoms with Crippen molar-refractivity contribution in [2.45, 2.75) is 11.5 Å². The molecule has 6 nitrogen and oxygen atoms in total. The SMILES string of the molecule is CS(=O)(=O)c1ccc(Cl)c(C(=O)OCc2ccc3c(c2)OCO3)c1. The first-order valence-electron chi connectivity index (χ1n) is 6.90. The molecule has 126 valence electrons. The Bertz CT molecular complexity index is 907. The van der Waals surface area contributed by atoms with Gasteiger partial charge in [-0.1, -0.05) is 17.7 Å². The van der Waals surface area contributed by atoms with Crippen molar-refractivity contribution >= 4 is 27.4 Å². The van der Waals surface area contributed by atoms with E-state index >= 15 is 0 Å². The normalized spacial score (nSPS) is 12.9. The van der Waals surface area contributed by atoms with E-state index in [9.17, 15) is 13.2 Å². The highest BCUT2D eigenvalue weighted by Crippen LogP contribution is 2.32. The second-order valence-corrected chi connectivity index (χ2v) is 7.60. The number of halogens is 1. The molecule has 0 amide bonds. The molecule has 24 heavy (non-hydrogen) atoms. The molecule has 0 bridgehead atoms. The average Bonchev–Trinajstić information content (AvgIpc) is 2.99. The Morgan fingerprint density at radius 2 is 1.92 bits per heavy atom. The minimum absolute atomic E-state index is 0.000310. The van der Waals surface area contributed by atoms with Gasteiger partial charge in [-0.15, -0.1) is 0 Å². The predicted octanol–water partition coefficient (Wildman–Crippen LogP) is 2.83. The molecule has 8 heteroatoms. The van der Waals surface area contributed by atoms with Gasteiger partial charge in [-0.2, -0.15) is 0 Å². The number of rotatable bonds is 4. The summed E-state index contributed by atoms with van der Waals surface area (Å²) >= 11 is 5.97. The number of carbonyl (C=O) groups excluding carboxylic acids is 1. The third kappa shape index (κ3) is 3.47. The standard InChI is InChI=1S/C16H13ClO6S/c1-24(19,20)11-3-4-13(17)12(7-11)16(18)21-8-10-2-5-14-15(6-10)23-9-22-14/h2-7H,8-9H2,1H3. The lowest BCUT2D eigenvalue weighted by Crippen LogP contribution is -2.08. The summed E-state index contributed by atoms with van der Waals surface area (Å²) in [6, 6.07) is 9.09. The summed E-state index contributed by atoms with van der Waals surface area (Å²) in [5, 5.41) is 0.123. The van der Waals surface area contributed by atoms with Crippen molar-refractivity contribution in [3.8, 4) is 11.5 Å². The molecule has 0 aliphatic carbocycles. The maximum atomic E-state index is 12.2. The Kier molecular flexibility index (Phi) is 4.38. The van der Waals surface area contributed by atoms with Crippen LogP contribution in [0.4, 0.5) is 0 Å². The van der Waals surface area contributed by atoms with Crippen molar-refractivity contribution in [1.82, 2.24) is 0 Å². The zero-order chi connectivity index (χ0) is 17.3. The first-order chi connectivity index (χ1) is 11.3. The van der Waals surface area contributed by atoms with Gasteiger partial charge in [-0.25, -0.2) is 13.2 Å². The van der Waals surface area contributed by atoms with Crippen LogP contribution in [0, 0.1) is 0 Å². The van der Waals surface area contributed by atoms with Crippen molar-refractivity contribution < 1.29 is 27.4 Å². The minimum Gasteiger partial charge on any atom is -0.457 e. The van der Waals surface area contributed by atoms with Gasteiger partial charge in [0, 0.05) is 6.26 Å². The van der Waals surface area contributed by atoms with E-state index in [0.29, 0.717) is 17.1 Å². The molecule has 2 aromatic rings. The van der Waals surface area contributed by atoms with E-state index in [4.69, 9.17) is 25.8 Å². The van der Waals surface area contributed by atoms with Crippen LogP contribution in [0.3, 0.4) is 0 Å². The summed E-state index contributed by atoms with van der Waals surface area (Å²) in [4.78, 5) is 12.2. The van der Waals surface area contributed by atoms with Crippen LogP contribution >= 0.6 is 11.6 Å². The highest BCUT2D eigenvalue weighted by atomic mass is 35.5. The largest absolute Gasteiger partial charge is 0.457 e. The molecular weight excluding hydrogens is 356 g/mol. The summed E-state index contributed by atoms with van der Waals surface area (Å²) in [5.41, 5.74) is 0.711. The predicted molar refractivity (Wildman–Crippen MR) is 86.2 cm³/mol. The van der Waals surface area contributed by atoms with Crippen LogP contribution in [0.25, 0.3) is 0 Å². The molecule has 0 N–H and O–H groups in total. The number of fused-ring (bicyclic) bond motifs is 1. The van der Waals surface area contributed by atoms with Crippen LogP contribution in [-0.2, 0) is 21.2 Å². The van der Waals surface area contributed by atoms with E-state index in [1.165, 1.54) is 18.2 Å². The number of hydrogen-bond acceptors (Lipinski definition) is 6. The maximum absolute atomic E-state index is 12.2. The van der Waals surface area contributed by atoms with E-state index in [0.717, 1.165) is 6.26 Å². The highest BCUT2D eigenvalue weighted by molar-refractivity contribution is 7.90. The number of carbonyl (C=O) groups is 1. The summed E-state index contributed by atoms with van der Waals surface area (Å²) in [6.07, 6.45) is 1.05. The van der Waals surface area contributed by atoms with Gasteiger partial charge < -0.3 is 14.2 Å². The van der Waals surface area contributed by atoms with Gasteiger partial charge >= 0.3 is 5.97 Å². The fourth-order valence-electron chi connectivity index (χ4n) is 2.15. The van der Waals surface area contributed by atoms with Gasteiger partial charge in [-0.3, -0.25) is 0 Å². The third-order valence-electron chi connectivity index (χ3n) is 3.39. The van der Waals surface area contributed by atoms with E-state index in [1.807, 2.05) is 0 Å². The molecule has 2 aromatic carbocycles. The number of ether oxygens (including phenoxy) is 3. The van der Waals surface area contributed by atoms with Gasteiger partial charge in [0.25, 0.3) is 0 Å². The Hall–Kier alpha value is -2.25. The lowest BCUT2D eigenvalue weighted by molar-refractivity contribution is 0.0472. The zero-order valence-corrected chi connectivity index (χ0v) is 14.2. The molecule has 0 unspecified atom stereocenters. The van der Waals surface area contributed by atoms with Crippen molar-refractivity contribution in [2.24, 2.45) is 0 Å². The Morgan fingerprint density at radius 3 is 2.67 bits per heavy atom. The van der Waals surface area contributed by atoms with Crippen molar-refractivity contribution in [2.75, 3.05) is 13.0 Å². The van der Waals surface area contributed by atoms with E-state index in [1.54, 1.807) is 18.2 Å². The monoisotopic (exact) mass is 368 g/mol. The molecule has 0 radical (unpaired) electrons. The molecule has 0 saturated heterocycles. The Labute approximate surface area is 143 Å². The second kappa shape index (κ2) is 6.33. The fraction of sp³-hybridized carbons (Fsp3) is 0.188. The molecule has 3 rings (SSSR count). The molecule has 0 saturated carbocycles. The van der Waals surface area contributed by atoms with Crippen molar-refractivity contribution in [1.29, 1.82) is 0 Å². The molecule has 0 atom stereocenters. The molecule has 0 fully saturated rings. The average molecular weight is 369 g/mol. The van der Waals surface area contributed by atoms with Crippen LogP contribution < -0.4 is 9.47 Å². The first kappa shape index (κ1) is 16.6. The van der Waals surface area contributed by atoms with Gasteiger partial charge in [0.15, 0.2) is 21.3 Å². The molecule has 1 aliphatic heterocycles. The smallest absolute Gasteiger partial charge is 0.340 e. The van der Waals surface area contributed by atoms with E-state index in [2.05, 4.69) is 0 Å². The van der Waals surface area contributed by atoms with Gasteiger partial charge in [-0.05, 0) is 35.9 Å². The number of esters is 1. The molecule has 0 spiro atoms. The molecule has 0 aromatic heterocycles. The summed E-state index contributed by atoms with van der Waals surface area (Å²) in [7, 11) is -3.45. The Morgan fingerprint density at radius 1 is 1.17 bits per heavy atom. The van der Waals surface area contributed by atoms with Crippen molar-refractivity contribution in [3.05, 3.63) is 52.5 Å². The zero-order valence-electron chi connectivity index (χ0n) is 12.6. The van der Waals surface area contributed by atoms with Crippen LogP contribution in [0.1, 0.15) is 15.9 Å². The van der Waals surface area contributed by atoms with Crippen LogP contribution in [-0.4, -0.2) is 27.4 Å². The summed E-state index contributed by atoms with van der Waals surface area (Å²) in [6.45, 7) is 0.154. The maximum Gasteiger partial charge on any atom is 0.340 e. The molecule has 1 heterocycles. The summed E-state index contributed by atoms with van der Waals surface area (Å²) in [5.74, 6) is 0.512. The van der Waals surface area contributed by atoms with Gasteiger partial charge in [0.05, 0.1) is 15.5 Å². The van der Waals surface area contributed by atoms with Gasteiger partial charge in [0.1, 0.15) is 6.61 Å². The molecule has 1 aliphatic rings. The number of hydrogen-bond donors (Lipinski definition) is 0. The lowest BCUT2D eigenvalue weighted by atomic mass is 10.2. The first-order valence-corrected chi connectivity index (χ1v) is 9.17.